The Bertz CT molecular complexity index is 409. The van der Waals surface area contributed by atoms with Crippen molar-refractivity contribution in [2.24, 2.45) is 5.73 Å². The molecule has 0 saturated heterocycles. The molecule has 1 atom stereocenters. The summed E-state index contributed by atoms with van der Waals surface area (Å²) >= 11 is 1.70. The minimum Gasteiger partial charge on any atom is -0.324 e. The van der Waals surface area contributed by atoms with Gasteiger partial charge >= 0.3 is 0 Å². The molecule has 0 spiro atoms. The van der Waals surface area contributed by atoms with E-state index in [4.69, 9.17) is 5.73 Å². The molecule has 4 nitrogen and oxygen atoms in total. The maximum atomic E-state index is 12.0. The molecule has 0 radical (unpaired) electrons. The van der Waals surface area contributed by atoms with E-state index in [1.54, 1.807) is 11.8 Å². The fraction of sp³-hybridized carbons (Fsp3) is 0.500. The third kappa shape index (κ3) is 5.63. The minimum atomic E-state index is -0.445. The SMILES string of the molecule is CSCC[C@@H](N)C(=O)Nc1ccccc1CN(C)C. The fourth-order valence-corrected chi connectivity index (χ4v) is 2.21. The van der Waals surface area contributed by atoms with Crippen LogP contribution >= 0.6 is 11.8 Å². The van der Waals surface area contributed by atoms with Crippen molar-refractivity contribution in [2.45, 2.75) is 19.0 Å². The number of rotatable bonds is 7. The predicted molar refractivity (Wildman–Crippen MR) is 83.4 cm³/mol. The highest BCUT2D eigenvalue weighted by Crippen LogP contribution is 2.16. The van der Waals surface area contributed by atoms with Gasteiger partial charge in [0.15, 0.2) is 0 Å². The van der Waals surface area contributed by atoms with Gasteiger partial charge in [-0.25, -0.2) is 0 Å². The van der Waals surface area contributed by atoms with Gasteiger partial charge in [0.25, 0.3) is 0 Å². The van der Waals surface area contributed by atoms with E-state index in [-0.39, 0.29) is 5.91 Å². The first-order valence-corrected chi connectivity index (χ1v) is 7.72. The van der Waals surface area contributed by atoms with Crippen molar-refractivity contribution in [3.8, 4) is 0 Å². The molecule has 0 aliphatic rings. The molecule has 19 heavy (non-hydrogen) atoms. The summed E-state index contributed by atoms with van der Waals surface area (Å²) in [5, 5.41) is 2.92. The lowest BCUT2D eigenvalue weighted by molar-refractivity contribution is -0.117. The third-order valence-electron chi connectivity index (χ3n) is 2.73. The summed E-state index contributed by atoms with van der Waals surface area (Å²) < 4.78 is 0. The highest BCUT2D eigenvalue weighted by atomic mass is 32.2. The second-order valence-corrected chi connectivity index (χ2v) is 5.76. The number of para-hydroxylation sites is 1. The van der Waals surface area contributed by atoms with Crippen molar-refractivity contribution < 1.29 is 4.79 Å². The molecule has 1 amide bonds. The van der Waals surface area contributed by atoms with Crippen molar-refractivity contribution in [1.29, 1.82) is 0 Å². The van der Waals surface area contributed by atoms with Gasteiger partial charge in [-0.3, -0.25) is 4.79 Å². The fourth-order valence-electron chi connectivity index (χ4n) is 1.72. The summed E-state index contributed by atoms with van der Waals surface area (Å²) in [6, 6.07) is 7.38. The highest BCUT2D eigenvalue weighted by Gasteiger charge is 2.14. The van der Waals surface area contributed by atoms with Crippen LogP contribution in [0.25, 0.3) is 0 Å². The summed E-state index contributed by atoms with van der Waals surface area (Å²) in [6.45, 7) is 0.788. The van der Waals surface area contributed by atoms with Gasteiger partial charge in [0.1, 0.15) is 0 Å². The Morgan fingerprint density at radius 2 is 2.11 bits per heavy atom. The van der Waals surface area contributed by atoms with Crippen molar-refractivity contribution in [1.82, 2.24) is 4.90 Å². The normalized spacial score (nSPS) is 12.5. The molecule has 1 aromatic rings. The van der Waals surface area contributed by atoms with Gasteiger partial charge < -0.3 is 16.0 Å². The molecule has 0 fully saturated rings. The number of thioether (sulfide) groups is 1. The number of hydrogen-bond donors (Lipinski definition) is 2. The number of benzene rings is 1. The quantitative estimate of drug-likeness (QED) is 0.799. The Labute approximate surface area is 119 Å². The van der Waals surface area contributed by atoms with Crippen LogP contribution in [0.15, 0.2) is 24.3 Å². The molecule has 1 rings (SSSR count). The van der Waals surface area contributed by atoms with Gasteiger partial charge in [-0.05, 0) is 44.2 Å². The zero-order valence-corrected chi connectivity index (χ0v) is 12.7. The maximum absolute atomic E-state index is 12.0. The van der Waals surface area contributed by atoms with E-state index >= 15 is 0 Å². The van der Waals surface area contributed by atoms with Crippen LogP contribution < -0.4 is 11.1 Å². The molecule has 0 saturated carbocycles. The molecule has 3 N–H and O–H groups in total. The summed E-state index contributed by atoms with van der Waals surface area (Å²) in [5.41, 5.74) is 7.81. The Morgan fingerprint density at radius 1 is 1.42 bits per heavy atom. The maximum Gasteiger partial charge on any atom is 0.241 e. The van der Waals surface area contributed by atoms with E-state index in [1.165, 1.54) is 0 Å². The number of carbonyl (C=O) groups excluding carboxylic acids is 1. The van der Waals surface area contributed by atoms with Crippen LogP contribution in [-0.2, 0) is 11.3 Å². The predicted octanol–water partition coefficient (Wildman–Crippen LogP) is 1.77. The van der Waals surface area contributed by atoms with Gasteiger partial charge in [-0.1, -0.05) is 18.2 Å². The van der Waals surface area contributed by atoms with E-state index in [2.05, 4.69) is 10.2 Å². The summed E-state index contributed by atoms with van der Waals surface area (Å²) in [5.74, 6) is 0.786. The van der Waals surface area contributed by atoms with E-state index in [9.17, 15) is 4.79 Å². The molecule has 0 aliphatic carbocycles. The third-order valence-corrected chi connectivity index (χ3v) is 3.38. The highest BCUT2D eigenvalue weighted by molar-refractivity contribution is 7.98. The number of nitrogens with one attached hydrogen (secondary N) is 1. The van der Waals surface area contributed by atoms with Crippen LogP contribution in [0.5, 0.6) is 0 Å². The van der Waals surface area contributed by atoms with Crippen LogP contribution in [0.4, 0.5) is 5.69 Å². The average Bonchev–Trinajstić information content (AvgIpc) is 2.37. The molecule has 5 heteroatoms. The summed E-state index contributed by atoms with van der Waals surface area (Å²) in [4.78, 5) is 14.1. The summed E-state index contributed by atoms with van der Waals surface area (Å²) in [6.07, 6.45) is 2.71. The first kappa shape index (κ1) is 16.0. The van der Waals surface area contributed by atoms with Crippen LogP contribution in [0.2, 0.25) is 0 Å². The molecule has 106 valence electrons. The first-order chi connectivity index (χ1) is 9.04. The van der Waals surface area contributed by atoms with Crippen molar-refractivity contribution >= 4 is 23.4 Å². The van der Waals surface area contributed by atoms with E-state index in [1.807, 2.05) is 44.6 Å². The minimum absolute atomic E-state index is 0.111. The van der Waals surface area contributed by atoms with Crippen LogP contribution in [0.1, 0.15) is 12.0 Å². The Kier molecular flexibility index (Phi) is 6.91. The van der Waals surface area contributed by atoms with Crippen LogP contribution in [0.3, 0.4) is 0 Å². The monoisotopic (exact) mass is 281 g/mol. The van der Waals surface area contributed by atoms with E-state index in [0.29, 0.717) is 6.42 Å². The topological polar surface area (TPSA) is 58.4 Å². The molecule has 0 aromatic heterocycles. The van der Waals surface area contributed by atoms with E-state index < -0.39 is 6.04 Å². The molecule has 1 aromatic carbocycles. The number of anilines is 1. The standard InChI is InChI=1S/C14H23N3OS/c1-17(2)10-11-6-4-5-7-13(11)16-14(18)12(15)8-9-19-3/h4-7,12H,8-10,15H2,1-3H3,(H,16,18)/t12-/m1/s1. The zero-order valence-electron chi connectivity index (χ0n) is 11.8. The van der Waals surface area contributed by atoms with Crippen LogP contribution in [-0.4, -0.2) is 43.0 Å². The largest absolute Gasteiger partial charge is 0.324 e. The molecule has 0 heterocycles. The summed E-state index contributed by atoms with van der Waals surface area (Å²) in [7, 11) is 4.01. The lowest BCUT2D eigenvalue weighted by Gasteiger charge is -2.17. The van der Waals surface area contributed by atoms with Gasteiger partial charge in [0, 0.05) is 12.2 Å². The van der Waals surface area contributed by atoms with Gasteiger partial charge in [-0.15, -0.1) is 0 Å². The molecular weight excluding hydrogens is 258 g/mol. The number of carbonyl (C=O) groups is 1. The molecule has 0 unspecified atom stereocenters. The van der Waals surface area contributed by atoms with E-state index in [0.717, 1.165) is 23.5 Å². The number of nitrogens with two attached hydrogens (primary N) is 1. The molecular formula is C14H23N3OS. The van der Waals surface area contributed by atoms with Gasteiger partial charge in [-0.2, -0.15) is 11.8 Å². The molecule has 0 aliphatic heterocycles. The molecule has 0 bridgehead atoms. The zero-order chi connectivity index (χ0) is 14.3. The first-order valence-electron chi connectivity index (χ1n) is 6.32. The second kappa shape index (κ2) is 8.19. The van der Waals surface area contributed by atoms with Crippen molar-refractivity contribution in [3.63, 3.8) is 0 Å². The smallest absolute Gasteiger partial charge is 0.241 e. The van der Waals surface area contributed by atoms with Crippen molar-refractivity contribution in [2.75, 3.05) is 31.4 Å². The number of amides is 1. The Balaban J connectivity index is 2.68. The lowest BCUT2D eigenvalue weighted by Crippen LogP contribution is -2.36. The lowest BCUT2D eigenvalue weighted by atomic mass is 10.1. The number of nitrogens with zero attached hydrogens (tertiary/aromatic N) is 1. The second-order valence-electron chi connectivity index (χ2n) is 4.77. The number of hydrogen-bond acceptors (Lipinski definition) is 4. The Hall–Kier alpha value is -1.04. The Morgan fingerprint density at radius 3 is 2.74 bits per heavy atom. The van der Waals surface area contributed by atoms with Crippen molar-refractivity contribution in [3.05, 3.63) is 29.8 Å². The van der Waals surface area contributed by atoms with Gasteiger partial charge in [0.05, 0.1) is 6.04 Å². The van der Waals surface area contributed by atoms with Gasteiger partial charge in [0.2, 0.25) is 5.91 Å². The van der Waals surface area contributed by atoms with Crippen LogP contribution in [0, 0.1) is 0 Å². The average molecular weight is 281 g/mol.